The lowest BCUT2D eigenvalue weighted by molar-refractivity contribution is 0.104. The van der Waals surface area contributed by atoms with Gasteiger partial charge in [-0.25, -0.2) is 4.98 Å². The van der Waals surface area contributed by atoms with Crippen LogP contribution in [0.5, 0.6) is 0 Å². The maximum Gasteiger partial charge on any atom is 0.185 e. The summed E-state index contributed by atoms with van der Waals surface area (Å²) >= 11 is 0. The van der Waals surface area contributed by atoms with E-state index < -0.39 is 0 Å². The van der Waals surface area contributed by atoms with E-state index in [9.17, 15) is 4.79 Å². The number of benzene rings is 3. The second kappa shape index (κ2) is 8.28. The van der Waals surface area contributed by atoms with Gasteiger partial charge < -0.3 is 0 Å². The molecular weight excluding hydrogens is 342 g/mol. The Bertz CT molecular complexity index is 1160. The molecule has 0 spiro atoms. The number of para-hydroxylation sites is 1. The summed E-state index contributed by atoms with van der Waals surface area (Å²) in [5.74, 6) is -0.00409. The number of pyridine rings is 1. The van der Waals surface area contributed by atoms with Crippen molar-refractivity contribution in [1.82, 2.24) is 4.98 Å². The molecule has 0 aliphatic rings. The van der Waals surface area contributed by atoms with Crippen molar-refractivity contribution >= 4 is 34.9 Å². The van der Waals surface area contributed by atoms with Crippen molar-refractivity contribution in [2.45, 2.75) is 0 Å². The number of nitrogens with zero attached hydrogens (tertiary/aromatic N) is 1. The molecule has 0 atom stereocenters. The molecule has 0 amide bonds. The summed E-state index contributed by atoms with van der Waals surface area (Å²) in [7, 11) is 0. The first-order valence-electron chi connectivity index (χ1n) is 9.19. The fourth-order valence-electron chi connectivity index (χ4n) is 2.95. The van der Waals surface area contributed by atoms with Gasteiger partial charge in [-0.1, -0.05) is 91.0 Å². The smallest absolute Gasteiger partial charge is 0.185 e. The van der Waals surface area contributed by atoms with Crippen molar-refractivity contribution in [2.24, 2.45) is 0 Å². The van der Waals surface area contributed by atoms with Crippen LogP contribution in [0.15, 0.2) is 97.1 Å². The van der Waals surface area contributed by atoms with E-state index in [1.807, 2.05) is 97.1 Å². The van der Waals surface area contributed by atoms with E-state index in [0.717, 1.165) is 27.7 Å². The van der Waals surface area contributed by atoms with Gasteiger partial charge in [0, 0.05) is 10.9 Å². The van der Waals surface area contributed by atoms with Gasteiger partial charge in [0.25, 0.3) is 0 Å². The van der Waals surface area contributed by atoms with E-state index in [1.54, 1.807) is 6.08 Å². The van der Waals surface area contributed by atoms with Crippen molar-refractivity contribution in [3.63, 3.8) is 0 Å². The quantitative estimate of drug-likeness (QED) is 0.308. The van der Waals surface area contributed by atoms with Gasteiger partial charge >= 0.3 is 0 Å². The Morgan fingerprint density at radius 1 is 0.643 bits per heavy atom. The van der Waals surface area contributed by atoms with Crippen molar-refractivity contribution < 1.29 is 4.79 Å². The lowest BCUT2D eigenvalue weighted by atomic mass is 10.1. The van der Waals surface area contributed by atoms with Crippen molar-refractivity contribution in [1.29, 1.82) is 0 Å². The monoisotopic (exact) mass is 361 g/mol. The third kappa shape index (κ3) is 4.30. The van der Waals surface area contributed by atoms with Crippen molar-refractivity contribution in [2.75, 3.05) is 0 Å². The van der Waals surface area contributed by atoms with Gasteiger partial charge in [0.05, 0.1) is 11.2 Å². The third-order valence-corrected chi connectivity index (χ3v) is 4.49. The summed E-state index contributed by atoms with van der Waals surface area (Å²) in [6.45, 7) is 0. The number of carbonyl (C=O) groups is 1. The molecule has 1 aromatic heterocycles. The van der Waals surface area contributed by atoms with Crippen LogP contribution < -0.4 is 0 Å². The topological polar surface area (TPSA) is 30.0 Å². The van der Waals surface area contributed by atoms with E-state index in [1.165, 1.54) is 0 Å². The molecule has 2 heteroatoms. The average Bonchev–Trinajstić information content (AvgIpc) is 2.77. The highest BCUT2D eigenvalue weighted by Gasteiger charge is 2.01. The van der Waals surface area contributed by atoms with Gasteiger partial charge in [-0.2, -0.15) is 0 Å². The maximum atomic E-state index is 12.3. The number of carbonyl (C=O) groups excluding carboxylic acids is 1. The Morgan fingerprint density at radius 3 is 2.18 bits per heavy atom. The minimum Gasteiger partial charge on any atom is -0.289 e. The Hall–Kier alpha value is -3.78. The van der Waals surface area contributed by atoms with E-state index in [2.05, 4.69) is 17.1 Å². The molecule has 0 N–H and O–H groups in total. The van der Waals surface area contributed by atoms with Crippen molar-refractivity contribution in [3.05, 3.63) is 119 Å². The molecule has 3 aromatic carbocycles. The minimum atomic E-state index is -0.00409. The molecule has 0 saturated carbocycles. The molecule has 4 aromatic rings. The van der Waals surface area contributed by atoms with E-state index >= 15 is 0 Å². The molecule has 0 saturated heterocycles. The standard InChI is InChI=1S/C26H19NO/c28-26(19-13-20-6-2-1-3-7-20)23-14-10-21(11-15-23)12-17-24-18-16-22-8-4-5-9-25(22)27-24/h1-19H. The lowest BCUT2D eigenvalue weighted by Gasteiger charge is -2.00. The van der Waals surface area contributed by atoms with Crippen LogP contribution in [0.2, 0.25) is 0 Å². The molecule has 2 nitrogen and oxygen atoms in total. The Labute approximate surface area is 164 Å². The molecule has 0 radical (unpaired) electrons. The number of fused-ring (bicyclic) bond motifs is 1. The summed E-state index contributed by atoms with van der Waals surface area (Å²) in [6, 6.07) is 29.5. The van der Waals surface area contributed by atoms with Crippen molar-refractivity contribution in [3.8, 4) is 0 Å². The normalized spacial score (nSPS) is 11.4. The lowest BCUT2D eigenvalue weighted by Crippen LogP contribution is -1.93. The van der Waals surface area contributed by atoms with E-state index in [-0.39, 0.29) is 5.78 Å². The van der Waals surface area contributed by atoms with E-state index in [0.29, 0.717) is 5.56 Å². The SMILES string of the molecule is O=C(C=Cc1ccccc1)c1ccc(C=Cc2ccc3ccccc3n2)cc1. The van der Waals surface area contributed by atoms with Crippen LogP contribution in [-0.4, -0.2) is 10.8 Å². The number of ketones is 1. The van der Waals surface area contributed by atoms with Crippen LogP contribution in [0.25, 0.3) is 29.1 Å². The Balaban J connectivity index is 1.45. The zero-order chi connectivity index (χ0) is 19.2. The van der Waals surface area contributed by atoms with Crippen LogP contribution in [0.1, 0.15) is 27.2 Å². The Kier molecular flexibility index (Phi) is 5.21. The summed E-state index contributed by atoms with van der Waals surface area (Å²) in [6.07, 6.45) is 7.43. The third-order valence-electron chi connectivity index (χ3n) is 4.49. The zero-order valence-corrected chi connectivity index (χ0v) is 15.3. The van der Waals surface area contributed by atoms with Gasteiger partial charge in [0.15, 0.2) is 5.78 Å². The molecule has 0 fully saturated rings. The average molecular weight is 361 g/mol. The van der Waals surface area contributed by atoms with E-state index in [4.69, 9.17) is 0 Å². The highest BCUT2D eigenvalue weighted by atomic mass is 16.1. The van der Waals surface area contributed by atoms with Gasteiger partial charge in [0.1, 0.15) is 0 Å². The van der Waals surface area contributed by atoms with Gasteiger partial charge in [-0.15, -0.1) is 0 Å². The summed E-state index contributed by atoms with van der Waals surface area (Å²) in [5, 5.41) is 1.13. The highest BCUT2D eigenvalue weighted by Crippen LogP contribution is 2.14. The van der Waals surface area contributed by atoms with Gasteiger partial charge in [0.2, 0.25) is 0 Å². The van der Waals surface area contributed by atoms with Crippen LogP contribution in [0.4, 0.5) is 0 Å². The predicted octanol–water partition coefficient (Wildman–Crippen LogP) is 6.30. The highest BCUT2D eigenvalue weighted by molar-refractivity contribution is 6.06. The summed E-state index contributed by atoms with van der Waals surface area (Å²) in [4.78, 5) is 17.0. The second-order valence-corrected chi connectivity index (χ2v) is 6.49. The van der Waals surface area contributed by atoms with Crippen LogP contribution in [0.3, 0.4) is 0 Å². The zero-order valence-electron chi connectivity index (χ0n) is 15.3. The first-order chi connectivity index (χ1) is 13.8. The minimum absolute atomic E-state index is 0.00409. The number of hydrogen-bond acceptors (Lipinski definition) is 2. The second-order valence-electron chi connectivity index (χ2n) is 6.49. The first-order valence-corrected chi connectivity index (χ1v) is 9.19. The molecular formula is C26H19NO. The fraction of sp³-hybridized carbons (Fsp3) is 0. The number of rotatable bonds is 5. The Morgan fingerprint density at radius 2 is 1.36 bits per heavy atom. The molecule has 0 unspecified atom stereocenters. The molecule has 1 heterocycles. The molecule has 4 rings (SSSR count). The largest absolute Gasteiger partial charge is 0.289 e. The maximum absolute atomic E-state index is 12.3. The van der Waals surface area contributed by atoms with Gasteiger partial charge in [-0.3, -0.25) is 4.79 Å². The molecule has 28 heavy (non-hydrogen) atoms. The van der Waals surface area contributed by atoms with Crippen LogP contribution in [-0.2, 0) is 0 Å². The molecule has 134 valence electrons. The first kappa shape index (κ1) is 17.6. The van der Waals surface area contributed by atoms with Gasteiger partial charge in [-0.05, 0) is 35.4 Å². The van der Waals surface area contributed by atoms with Crippen LogP contribution >= 0.6 is 0 Å². The summed E-state index contributed by atoms with van der Waals surface area (Å²) in [5.41, 5.74) is 4.60. The molecule has 0 aliphatic carbocycles. The fourth-order valence-corrected chi connectivity index (χ4v) is 2.95. The number of hydrogen-bond donors (Lipinski definition) is 0. The summed E-state index contributed by atoms with van der Waals surface area (Å²) < 4.78 is 0. The number of aromatic nitrogens is 1. The molecule has 0 bridgehead atoms. The number of allylic oxidation sites excluding steroid dienone is 1. The van der Waals surface area contributed by atoms with Crippen LogP contribution in [0, 0.1) is 0 Å². The molecule has 0 aliphatic heterocycles. The predicted molar refractivity (Wildman–Crippen MR) is 117 cm³/mol.